The number of aliphatic carboxylic acids is 1. The van der Waals surface area contributed by atoms with Gasteiger partial charge in [0.15, 0.2) is 0 Å². The van der Waals surface area contributed by atoms with Crippen molar-refractivity contribution >= 4 is 57.3 Å². The van der Waals surface area contributed by atoms with E-state index in [2.05, 4.69) is 26.0 Å². The first kappa shape index (κ1) is 55.9. The second-order valence-electron chi connectivity index (χ2n) is 18.4. The molecule has 4 atom stereocenters. The molecule has 13 N–H and O–H groups in total. The van der Waals surface area contributed by atoms with Crippen LogP contribution in [0.1, 0.15) is 111 Å². The molecule has 70 heavy (non-hydrogen) atoms. The van der Waals surface area contributed by atoms with Crippen LogP contribution in [0, 0.1) is 28.6 Å². The number of nitrogens with two attached hydrogens (primary N) is 2. The summed E-state index contributed by atoms with van der Waals surface area (Å²) in [5.41, 5.74) is 14.0. The highest BCUT2D eigenvalue weighted by molar-refractivity contribution is 7.88. The lowest BCUT2D eigenvalue weighted by Crippen LogP contribution is -2.63. The van der Waals surface area contributed by atoms with Gasteiger partial charge in [-0.1, -0.05) is 108 Å². The Bertz CT molecular complexity index is 2440. The van der Waals surface area contributed by atoms with Gasteiger partial charge >= 0.3 is 11.9 Å². The summed E-state index contributed by atoms with van der Waals surface area (Å²) in [5, 5.41) is 44.4. The number of carbonyl (C=O) groups is 6. The number of nitrogens with zero attached hydrogens (tertiary/aromatic N) is 1. The molecule has 20 nitrogen and oxygen atoms in total. The first-order chi connectivity index (χ1) is 33.0. The van der Waals surface area contributed by atoms with Gasteiger partial charge in [-0.15, -0.1) is 0 Å². The molecule has 4 amide bonds. The summed E-state index contributed by atoms with van der Waals surface area (Å²) < 4.78 is 28.2. The summed E-state index contributed by atoms with van der Waals surface area (Å²) in [6.07, 6.45) is 5.93. The van der Waals surface area contributed by atoms with Gasteiger partial charge in [-0.05, 0) is 72.3 Å². The van der Waals surface area contributed by atoms with Crippen molar-refractivity contribution in [1.29, 1.82) is 10.8 Å². The quantitative estimate of drug-likeness (QED) is 0.0482. The zero-order valence-corrected chi connectivity index (χ0v) is 40.9. The molecule has 0 unspecified atom stereocenters. The van der Waals surface area contributed by atoms with Crippen LogP contribution >= 0.6 is 0 Å². The first-order valence-corrected chi connectivity index (χ1v) is 25.0. The molecule has 380 valence electrons. The molecule has 5 rings (SSSR count). The third-order valence-corrected chi connectivity index (χ3v) is 13.4. The number of hydrogen-bond acceptors (Lipinski definition) is 11. The molecule has 2 fully saturated rings. The monoisotopic (exact) mass is 988 g/mol. The second kappa shape index (κ2) is 26.3. The van der Waals surface area contributed by atoms with Crippen molar-refractivity contribution in [2.24, 2.45) is 29.2 Å². The molecule has 1 aliphatic carbocycles. The van der Waals surface area contributed by atoms with Crippen LogP contribution < -0.4 is 37.5 Å². The van der Waals surface area contributed by atoms with Crippen LogP contribution in [-0.2, 0) is 52.8 Å². The summed E-state index contributed by atoms with van der Waals surface area (Å²) in [4.78, 5) is 75.9. The summed E-state index contributed by atoms with van der Waals surface area (Å²) in [6.45, 7) is 7.91. The van der Waals surface area contributed by atoms with E-state index < -0.39 is 69.6 Å². The Morgan fingerprint density at radius 2 is 1.31 bits per heavy atom. The lowest BCUT2D eigenvalue weighted by atomic mass is 9.82. The number of aromatic carboxylic acids is 1. The van der Waals surface area contributed by atoms with Crippen LogP contribution in [0.15, 0.2) is 72.8 Å². The number of rotatable bonds is 23. The number of carbonyl (C=O) groups excluding carboxylic acids is 4. The predicted molar refractivity (Wildman–Crippen MR) is 264 cm³/mol. The fourth-order valence-electron chi connectivity index (χ4n) is 8.15. The van der Waals surface area contributed by atoms with Crippen molar-refractivity contribution in [3.63, 3.8) is 0 Å². The van der Waals surface area contributed by atoms with Crippen LogP contribution in [0.5, 0.6) is 0 Å². The number of nitrogens with one attached hydrogen (secondary N) is 7. The molecule has 1 saturated heterocycles. The molecule has 0 bridgehead atoms. The average Bonchev–Trinajstić information content (AvgIpc) is 3.29. The molecule has 0 radical (unpaired) electrons. The van der Waals surface area contributed by atoms with Crippen molar-refractivity contribution in [3.05, 3.63) is 106 Å². The van der Waals surface area contributed by atoms with Crippen molar-refractivity contribution in [1.82, 2.24) is 30.9 Å². The van der Waals surface area contributed by atoms with Crippen molar-refractivity contribution in [2.75, 3.05) is 13.1 Å². The van der Waals surface area contributed by atoms with E-state index in [-0.39, 0.29) is 59.5 Å². The number of likely N-dealkylation sites (tertiary alicyclic amines) is 1. The minimum absolute atomic E-state index is 0.0109. The Hall–Kier alpha value is -6.71. The zero-order valence-electron chi connectivity index (χ0n) is 40.1. The van der Waals surface area contributed by atoms with Crippen LogP contribution in [-0.4, -0.2) is 108 Å². The molecule has 1 heterocycles. The molecular formula is C49H68N10O10S. The van der Waals surface area contributed by atoms with E-state index in [9.17, 15) is 37.2 Å². The fraction of sp³-hybridized carbons (Fsp3) is 0.469. The maximum Gasteiger partial charge on any atom is 0.335 e. The maximum absolute atomic E-state index is 13.2. The minimum atomic E-state index is -4.03. The molecule has 3 aromatic carbocycles. The molecule has 1 saturated carbocycles. The molecule has 1 aliphatic heterocycles. The first-order valence-electron chi connectivity index (χ1n) is 23.4. The lowest BCUT2D eigenvalue weighted by molar-refractivity contribution is -0.150. The summed E-state index contributed by atoms with van der Waals surface area (Å²) in [7, 11) is -4.03. The number of hydrogen-bond donors (Lipinski definition) is 11. The zero-order chi connectivity index (χ0) is 51.7. The van der Waals surface area contributed by atoms with E-state index >= 15 is 0 Å². The maximum atomic E-state index is 13.2. The van der Waals surface area contributed by atoms with Gasteiger partial charge in [-0.3, -0.25) is 40.1 Å². The normalized spacial score (nSPS) is 16.1. The number of carboxylic acid groups (broad SMARTS) is 2. The Balaban J connectivity index is 0.000000312. The Labute approximate surface area is 409 Å². The molecule has 0 aromatic heterocycles. The molecule has 21 heteroatoms. The van der Waals surface area contributed by atoms with Crippen LogP contribution in [0.25, 0.3) is 0 Å². The topological polar surface area (TPSA) is 340 Å². The number of nitrogen functional groups attached to an aromatic ring is 2. The van der Waals surface area contributed by atoms with E-state index in [1.165, 1.54) is 24.3 Å². The highest BCUT2D eigenvalue weighted by Gasteiger charge is 2.42. The second-order valence-corrected chi connectivity index (χ2v) is 20.2. The standard InChI is InChI=1S/C27H37N5O6S.C22H31N5O4/c1-16(2)12-22(25(33)30-14-18-8-10-20(11-9-18)24(28)29)31-26(34)23(17(3)4)32-39(37,38)15-19-6-5-7-21(13-19)27(35)36;23-20(24)16-8-6-14(7-9-16)12-26-21(30)17-10-11-27(17)22(31)19(25-13-18(28)29)15-4-2-1-3-5-15/h5-11,13,16-17,22-23,32H,12,14-15H2,1-4H3,(H3,28,29)(H,30,33)(H,31,34)(H,35,36);6-9,15,17,19,25H,1-5,10-13H2,(H3,23,24)(H,26,30)(H,28,29)/t22-,23+;17-,19+/m00/s1. The largest absolute Gasteiger partial charge is 0.480 e. The van der Waals surface area contributed by atoms with E-state index in [4.69, 9.17) is 32.5 Å². The van der Waals surface area contributed by atoms with E-state index in [0.29, 0.717) is 37.1 Å². The predicted octanol–water partition coefficient (Wildman–Crippen LogP) is 2.77. The summed E-state index contributed by atoms with van der Waals surface area (Å²) in [6, 6.07) is 16.3. The van der Waals surface area contributed by atoms with Gasteiger partial charge in [-0.25, -0.2) is 17.9 Å². The smallest absolute Gasteiger partial charge is 0.335 e. The van der Waals surface area contributed by atoms with Gasteiger partial charge in [0.25, 0.3) is 0 Å². The minimum Gasteiger partial charge on any atom is -0.480 e. The lowest BCUT2D eigenvalue weighted by Gasteiger charge is -2.43. The number of benzene rings is 3. The van der Waals surface area contributed by atoms with Crippen molar-refractivity contribution in [2.45, 2.75) is 116 Å². The summed E-state index contributed by atoms with van der Waals surface area (Å²) in [5.74, 6) is -4.47. The van der Waals surface area contributed by atoms with Crippen LogP contribution in [0.2, 0.25) is 0 Å². The number of amidine groups is 2. The summed E-state index contributed by atoms with van der Waals surface area (Å²) >= 11 is 0. The highest BCUT2D eigenvalue weighted by atomic mass is 32.2. The van der Waals surface area contributed by atoms with Gasteiger partial charge in [0.1, 0.15) is 29.8 Å². The third kappa shape index (κ3) is 17.4. The SMILES string of the molecule is CC(C)C[C@H](NC(=O)[C@H](NS(=O)(=O)Cc1cccc(C(=O)O)c1)C(C)C)C(=O)NCc1ccc(C(=N)N)cc1.N=C(N)c1ccc(CNC(=O)[C@@H]2CCN2C(=O)[C@H](NCC(=O)O)C2CCCCC2)cc1. The van der Waals surface area contributed by atoms with Gasteiger partial charge in [0.2, 0.25) is 33.7 Å². The number of carboxylic acids is 2. The Morgan fingerprint density at radius 1 is 0.743 bits per heavy atom. The average molecular weight is 989 g/mol. The van der Waals surface area contributed by atoms with Gasteiger partial charge in [-0.2, -0.15) is 0 Å². The number of sulfonamides is 1. The van der Waals surface area contributed by atoms with Gasteiger partial charge < -0.3 is 42.5 Å². The van der Waals surface area contributed by atoms with Gasteiger partial charge in [0, 0.05) is 30.8 Å². The van der Waals surface area contributed by atoms with Crippen molar-refractivity contribution in [3.8, 4) is 0 Å². The number of amides is 4. The molecule has 0 spiro atoms. The molecule has 2 aliphatic rings. The molecule has 3 aromatic rings. The van der Waals surface area contributed by atoms with Crippen LogP contribution in [0.4, 0.5) is 0 Å². The van der Waals surface area contributed by atoms with Crippen LogP contribution in [0.3, 0.4) is 0 Å². The Morgan fingerprint density at radius 3 is 1.80 bits per heavy atom. The highest BCUT2D eigenvalue weighted by Crippen LogP contribution is 2.30. The van der Waals surface area contributed by atoms with E-state index in [1.54, 1.807) is 67.3 Å². The van der Waals surface area contributed by atoms with E-state index in [1.807, 2.05) is 13.8 Å². The van der Waals surface area contributed by atoms with Crippen molar-refractivity contribution < 1.29 is 47.4 Å². The van der Waals surface area contributed by atoms with Gasteiger partial charge in [0.05, 0.1) is 23.9 Å². The Kier molecular flexibility index (Phi) is 21.0. The molecular weight excluding hydrogens is 921 g/mol. The van der Waals surface area contributed by atoms with E-state index in [0.717, 1.165) is 43.2 Å². The fourth-order valence-corrected chi connectivity index (χ4v) is 9.62. The third-order valence-electron chi connectivity index (χ3n) is 12.1.